The highest BCUT2D eigenvalue weighted by atomic mass is 16.2. The monoisotopic (exact) mass is 354 g/mol. The number of rotatable bonds is 6. The summed E-state index contributed by atoms with van der Waals surface area (Å²) in [5, 5.41) is 10.4. The van der Waals surface area contributed by atoms with Gasteiger partial charge < -0.3 is 10.6 Å². The van der Waals surface area contributed by atoms with Gasteiger partial charge in [0.25, 0.3) is 0 Å². The van der Waals surface area contributed by atoms with Gasteiger partial charge in [0.1, 0.15) is 0 Å². The predicted molar refractivity (Wildman–Crippen MR) is 104 cm³/mol. The van der Waals surface area contributed by atoms with E-state index in [4.69, 9.17) is 0 Å². The normalized spacial score (nSPS) is 14.6. The molecule has 1 heterocycles. The molecule has 1 aliphatic rings. The lowest BCUT2D eigenvalue weighted by Gasteiger charge is -2.20. The van der Waals surface area contributed by atoms with Crippen LogP contribution in [0.25, 0.3) is 0 Å². The SMILES string of the molecule is Cc1cc(C)n(CCCNC(=O)NC(C)c2ccc3c(c2)CCCC3)n1. The first-order valence-electron chi connectivity index (χ1n) is 9.70. The molecule has 1 aromatic heterocycles. The van der Waals surface area contributed by atoms with Gasteiger partial charge in [0.2, 0.25) is 0 Å². The van der Waals surface area contributed by atoms with Gasteiger partial charge in [-0.1, -0.05) is 18.2 Å². The molecule has 2 N–H and O–H groups in total. The molecule has 0 radical (unpaired) electrons. The van der Waals surface area contributed by atoms with Crippen LogP contribution in [0.3, 0.4) is 0 Å². The van der Waals surface area contributed by atoms with Crippen molar-refractivity contribution in [1.29, 1.82) is 0 Å². The van der Waals surface area contributed by atoms with Crippen molar-refractivity contribution in [2.45, 2.75) is 65.5 Å². The van der Waals surface area contributed by atoms with Gasteiger partial charge in [-0.3, -0.25) is 4.68 Å². The highest BCUT2D eigenvalue weighted by molar-refractivity contribution is 5.74. The van der Waals surface area contributed by atoms with Gasteiger partial charge in [-0.05, 0) is 75.6 Å². The zero-order chi connectivity index (χ0) is 18.5. The van der Waals surface area contributed by atoms with Crippen LogP contribution < -0.4 is 10.6 Å². The van der Waals surface area contributed by atoms with Crippen molar-refractivity contribution in [3.8, 4) is 0 Å². The summed E-state index contributed by atoms with van der Waals surface area (Å²) >= 11 is 0. The van der Waals surface area contributed by atoms with E-state index < -0.39 is 0 Å². The Balaban J connectivity index is 1.43. The third kappa shape index (κ3) is 4.65. The first-order chi connectivity index (χ1) is 12.5. The highest BCUT2D eigenvalue weighted by Gasteiger charge is 2.14. The Labute approximate surface area is 156 Å². The molecule has 0 bridgehead atoms. The molecule has 5 nitrogen and oxygen atoms in total. The number of fused-ring (bicyclic) bond motifs is 1. The number of urea groups is 1. The van der Waals surface area contributed by atoms with E-state index in [0.29, 0.717) is 6.54 Å². The molecular weight excluding hydrogens is 324 g/mol. The van der Waals surface area contributed by atoms with E-state index in [0.717, 1.165) is 30.8 Å². The van der Waals surface area contributed by atoms with E-state index in [2.05, 4.69) is 46.9 Å². The third-order valence-electron chi connectivity index (χ3n) is 5.16. The summed E-state index contributed by atoms with van der Waals surface area (Å²) in [6.45, 7) is 7.55. The van der Waals surface area contributed by atoms with E-state index in [1.165, 1.54) is 36.0 Å². The van der Waals surface area contributed by atoms with Crippen molar-refractivity contribution in [3.63, 3.8) is 0 Å². The Hall–Kier alpha value is -2.30. The number of benzene rings is 1. The molecule has 1 aliphatic carbocycles. The predicted octanol–water partition coefficient (Wildman–Crippen LogP) is 3.83. The zero-order valence-electron chi connectivity index (χ0n) is 16.1. The molecule has 0 aliphatic heterocycles. The van der Waals surface area contributed by atoms with E-state index in [9.17, 15) is 4.79 Å². The summed E-state index contributed by atoms with van der Waals surface area (Å²) in [5.74, 6) is 0. The second-order valence-corrected chi connectivity index (χ2v) is 7.36. The molecule has 1 atom stereocenters. The number of nitrogens with one attached hydrogen (secondary N) is 2. The largest absolute Gasteiger partial charge is 0.338 e. The number of hydrogen-bond acceptors (Lipinski definition) is 2. The second kappa shape index (κ2) is 8.39. The summed E-state index contributed by atoms with van der Waals surface area (Å²) in [7, 11) is 0. The van der Waals surface area contributed by atoms with Crippen molar-refractivity contribution >= 4 is 6.03 Å². The first kappa shape index (κ1) is 18.5. The average Bonchev–Trinajstić information content (AvgIpc) is 2.95. The topological polar surface area (TPSA) is 59.0 Å². The Morgan fingerprint density at radius 3 is 2.69 bits per heavy atom. The number of amides is 2. The maximum Gasteiger partial charge on any atom is 0.315 e. The average molecular weight is 354 g/mol. The number of hydrogen-bond donors (Lipinski definition) is 2. The fraction of sp³-hybridized carbons (Fsp3) is 0.524. The lowest BCUT2D eigenvalue weighted by Crippen LogP contribution is -2.37. The van der Waals surface area contributed by atoms with Crippen LogP contribution in [0.2, 0.25) is 0 Å². The van der Waals surface area contributed by atoms with E-state index in [1.54, 1.807) is 0 Å². The summed E-state index contributed by atoms with van der Waals surface area (Å²) in [6, 6.07) is 8.62. The van der Waals surface area contributed by atoms with Gasteiger partial charge in [-0.2, -0.15) is 5.10 Å². The summed E-state index contributed by atoms with van der Waals surface area (Å²) in [4.78, 5) is 12.2. The van der Waals surface area contributed by atoms with Crippen molar-refractivity contribution in [2.24, 2.45) is 0 Å². The number of carbonyl (C=O) groups is 1. The molecule has 0 fully saturated rings. The Morgan fingerprint density at radius 1 is 1.19 bits per heavy atom. The minimum Gasteiger partial charge on any atom is -0.338 e. The second-order valence-electron chi connectivity index (χ2n) is 7.36. The standard InChI is InChI=1S/C21H30N4O/c1-15-13-16(2)25(24-15)12-6-11-22-21(26)23-17(3)19-10-9-18-7-4-5-8-20(18)14-19/h9-10,13-14,17H,4-8,11-12H2,1-3H3,(H2,22,23,26). The Bertz CT molecular complexity index is 765. The van der Waals surface area contributed by atoms with Gasteiger partial charge in [0.15, 0.2) is 0 Å². The molecular formula is C21H30N4O. The van der Waals surface area contributed by atoms with E-state index in [1.807, 2.05) is 18.5 Å². The van der Waals surface area contributed by atoms with Gasteiger partial charge in [-0.25, -0.2) is 4.79 Å². The Morgan fingerprint density at radius 2 is 1.96 bits per heavy atom. The molecule has 2 amide bonds. The molecule has 3 rings (SSSR count). The lowest BCUT2D eigenvalue weighted by atomic mass is 9.89. The molecule has 140 valence electrons. The molecule has 5 heteroatoms. The molecule has 1 aromatic carbocycles. The maximum absolute atomic E-state index is 12.2. The van der Waals surface area contributed by atoms with Crippen LogP contribution in [0.4, 0.5) is 4.79 Å². The van der Waals surface area contributed by atoms with Crippen LogP contribution in [0.1, 0.15) is 60.3 Å². The number of nitrogens with zero attached hydrogens (tertiary/aromatic N) is 2. The maximum atomic E-state index is 12.2. The molecule has 0 spiro atoms. The van der Waals surface area contributed by atoms with Crippen molar-refractivity contribution in [1.82, 2.24) is 20.4 Å². The van der Waals surface area contributed by atoms with Crippen LogP contribution in [-0.4, -0.2) is 22.4 Å². The van der Waals surface area contributed by atoms with Crippen molar-refractivity contribution in [2.75, 3.05) is 6.54 Å². The smallest absolute Gasteiger partial charge is 0.315 e. The van der Waals surface area contributed by atoms with Gasteiger partial charge in [0, 0.05) is 18.8 Å². The molecule has 1 unspecified atom stereocenters. The van der Waals surface area contributed by atoms with Crippen molar-refractivity contribution < 1.29 is 4.79 Å². The van der Waals surface area contributed by atoms with Crippen molar-refractivity contribution in [3.05, 3.63) is 52.3 Å². The fourth-order valence-electron chi connectivity index (χ4n) is 3.69. The minimum absolute atomic E-state index is 0.0123. The lowest BCUT2D eigenvalue weighted by molar-refractivity contribution is 0.237. The Kier molecular flexibility index (Phi) is 5.96. The summed E-state index contributed by atoms with van der Waals surface area (Å²) < 4.78 is 1.99. The number of aryl methyl sites for hydroxylation is 5. The third-order valence-corrected chi connectivity index (χ3v) is 5.16. The van der Waals surface area contributed by atoms with Crippen LogP contribution in [0.15, 0.2) is 24.3 Å². The van der Waals surface area contributed by atoms with Gasteiger partial charge in [-0.15, -0.1) is 0 Å². The first-order valence-corrected chi connectivity index (χ1v) is 9.70. The quantitative estimate of drug-likeness (QED) is 0.775. The highest BCUT2D eigenvalue weighted by Crippen LogP contribution is 2.24. The summed E-state index contributed by atoms with van der Waals surface area (Å²) in [5.41, 5.74) is 6.30. The molecule has 2 aromatic rings. The van der Waals surface area contributed by atoms with Crippen LogP contribution >= 0.6 is 0 Å². The minimum atomic E-state index is -0.108. The molecule has 26 heavy (non-hydrogen) atoms. The zero-order valence-corrected chi connectivity index (χ0v) is 16.1. The number of carbonyl (C=O) groups excluding carboxylic acids is 1. The van der Waals surface area contributed by atoms with Gasteiger partial charge in [0.05, 0.1) is 11.7 Å². The van der Waals surface area contributed by atoms with E-state index in [-0.39, 0.29) is 12.1 Å². The van der Waals surface area contributed by atoms with E-state index >= 15 is 0 Å². The molecule has 0 saturated heterocycles. The van der Waals surface area contributed by atoms with Gasteiger partial charge >= 0.3 is 6.03 Å². The summed E-state index contributed by atoms with van der Waals surface area (Å²) in [6.07, 6.45) is 5.78. The van der Waals surface area contributed by atoms with Crippen LogP contribution in [0.5, 0.6) is 0 Å². The fourth-order valence-corrected chi connectivity index (χ4v) is 3.69. The molecule has 0 saturated carbocycles. The van der Waals surface area contributed by atoms with Crippen LogP contribution in [-0.2, 0) is 19.4 Å². The number of aromatic nitrogens is 2. The van der Waals surface area contributed by atoms with Crippen LogP contribution in [0, 0.1) is 13.8 Å².